The minimum atomic E-state index is -0.114. The molecule has 0 aliphatic heterocycles. The van der Waals surface area contributed by atoms with E-state index in [0.717, 1.165) is 16.1 Å². The monoisotopic (exact) mass is 263 g/mol. The van der Waals surface area contributed by atoms with Gasteiger partial charge in [-0.1, -0.05) is 20.8 Å². The Morgan fingerprint density at radius 2 is 2.00 bits per heavy atom. The van der Waals surface area contributed by atoms with Gasteiger partial charge in [-0.15, -0.1) is 11.3 Å². The van der Waals surface area contributed by atoms with Crippen molar-refractivity contribution in [2.75, 3.05) is 0 Å². The summed E-state index contributed by atoms with van der Waals surface area (Å²) < 4.78 is 0. The Morgan fingerprint density at radius 1 is 1.28 bits per heavy atom. The van der Waals surface area contributed by atoms with Crippen molar-refractivity contribution in [3.8, 4) is 16.3 Å². The largest absolute Gasteiger partial charge is 0.508 e. The number of hydrogen-bond donors (Lipinski definition) is 2. The molecule has 2 N–H and O–H groups in total. The molecule has 1 aromatic carbocycles. The molecule has 4 heteroatoms. The van der Waals surface area contributed by atoms with Gasteiger partial charge in [0.1, 0.15) is 10.8 Å². The van der Waals surface area contributed by atoms with Crippen LogP contribution in [0.2, 0.25) is 0 Å². The minimum Gasteiger partial charge on any atom is -0.508 e. The van der Waals surface area contributed by atoms with E-state index in [4.69, 9.17) is 5.11 Å². The van der Waals surface area contributed by atoms with Crippen LogP contribution in [-0.2, 0) is 12.0 Å². The quantitative estimate of drug-likeness (QED) is 0.874. The number of hydrogen-bond acceptors (Lipinski definition) is 4. The molecule has 0 saturated carbocycles. The van der Waals surface area contributed by atoms with Crippen LogP contribution in [0.15, 0.2) is 23.6 Å². The fourth-order valence-corrected chi connectivity index (χ4v) is 2.59. The van der Waals surface area contributed by atoms with E-state index in [9.17, 15) is 5.11 Å². The van der Waals surface area contributed by atoms with E-state index >= 15 is 0 Å². The zero-order chi connectivity index (χ0) is 13.3. The number of thiazole rings is 1. The maximum absolute atomic E-state index is 9.91. The molecule has 96 valence electrons. The molecule has 0 spiro atoms. The lowest BCUT2D eigenvalue weighted by Gasteiger charge is -2.20. The second-order valence-corrected chi connectivity index (χ2v) is 6.14. The molecule has 18 heavy (non-hydrogen) atoms. The highest BCUT2D eigenvalue weighted by Crippen LogP contribution is 2.35. The second kappa shape index (κ2) is 4.71. The van der Waals surface area contributed by atoms with Gasteiger partial charge >= 0.3 is 0 Å². The van der Waals surface area contributed by atoms with E-state index in [1.54, 1.807) is 6.07 Å². The highest BCUT2D eigenvalue weighted by molar-refractivity contribution is 7.13. The average Bonchev–Trinajstić information content (AvgIpc) is 2.76. The summed E-state index contributed by atoms with van der Waals surface area (Å²) in [6.45, 7) is 6.15. The van der Waals surface area contributed by atoms with Crippen molar-refractivity contribution < 1.29 is 10.2 Å². The van der Waals surface area contributed by atoms with Crippen LogP contribution in [-0.4, -0.2) is 15.2 Å². The molecule has 1 heterocycles. The van der Waals surface area contributed by atoms with Crippen LogP contribution < -0.4 is 0 Å². The number of phenols is 1. The first-order chi connectivity index (χ1) is 8.41. The zero-order valence-corrected chi connectivity index (χ0v) is 11.6. The number of phenolic OH excluding ortho intramolecular Hbond substituents is 1. The fourth-order valence-electron chi connectivity index (χ4n) is 1.78. The van der Waals surface area contributed by atoms with E-state index in [2.05, 4.69) is 25.8 Å². The van der Waals surface area contributed by atoms with Crippen LogP contribution in [0.5, 0.6) is 5.75 Å². The van der Waals surface area contributed by atoms with E-state index in [1.807, 2.05) is 17.5 Å². The molecule has 0 bridgehead atoms. The molecule has 0 amide bonds. The summed E-state index contributed by atoms with van der Waals surface area (Å²) >= 11 is 1.50. The maximum Gasteiger partial charge on any atom is 0.123 e. The Morgan fingerprint density at radius 3 is 2.56 bits per heavy atom. The molecule has 3 nitrogen and oxygen atoms in total. The zero-order valence-electron chi connectivity index (χ0n) is 10.8. The predicted octanol–water partition coefficient (Wildman–Crippen LogP) is 3.31. The number of aliphatic hydroxyl groups excluding tert-OH is 1. The van der Waals surface area contributed by atoms with Gasteiger partial charge in [-0.05, 0) is 29.2 Å². The van der Waals surface area contributed by atoms with Crippen molar-refractivity contribution in [1.29, 1.82) is 0 Å². The Balaban J connectivity index is 2.47. The lowest BCUT2D eigenvalue weighted by atomic mass is 9.85. The number of nitrogens with zero attached hydrogens (tertiary/aromatic N) is 1. The van der Waals surface area contributed by atoms with Crippen molar-refractivity contribution in [2.45, 2.75) is 32.8 Å². The Labute approximate surface area is 111 Å². The third kappa shape index (κ3) is 2.54. The standard InChI is InChI=1S/C14H17NO2S/c1-14(2,3)11-6-9(4-5-12(11)17)13-15-10(7-16)8-18-13/h4-6,8,16-17H,7H2,1-3H3. The molecular formula is C14H17NO2S. The summed E-state index contributed by atoms with van der Waals surface area (Å²) in [5, 5.41) is 21.7. The summed E-state index contributed by atoms with van der Waals surface area (Å²) in [4.78, 5) is 4.34. The normalized spacial score (nSPS) is 11.8. The van der Waals surface area contributed by atoms with E-state index in [-0.39, 0.29) is 12.0 Å². The van der Waals surface area contributed by atoms with E-state index < -0.39 is 0 Å². The molecule has 2 rings (SSSR count). The summed E-state index contributed by atoms with van der Waals surface area (Å²) in [5.74, 6) is 0.310. The maximum atomic E-state index is 9.91. The average molecular weight is 263 g/mol. The molecule has 2 aromatic rings. The Bertz CT molecular complexity index is 555. The van der Waals surface area contributed by atoms with Gasteiger partial charge in [0.2, 0.25) is 0 Å². The van der Waals surface area contributed by atoms with Crippen LogP contribution >= 0.6 is 11.3 Å². The predicted molar refractivity (Wildman–Crippen MR) is 73.8 cm³/mol. The first-order valence-electron chi connectivity index (χ1n) is 5.81. The lowest BCUT2D eigenvalue weighted by molar-refractivity contribution is 0.278. The van der Waals surface area contributed by atoms with Crippen LogP contribution in [0.1, 0.15) is 32.0 Å². The van der Waals surface area contributed by atoms with Gasteiger partial charge in [0.05, 0.1) is 12.3 Å². The van der Waals surface area contributed by atoms with Gasteiger partial charge < -0.3 is 10.2 Å². The molecule has 0 radical (unpaired) electrons. The summed E-state index contributed by atoms with van der Waals surface area (Å²) in [7, 11) is 0. The number of aromatic hydroxyl groups is 1. The van der Waals surface area contributed by atoms with E-state index in [0.29, 0.717) is 11.4 Å². The second-order valence-electron chi connectivity index (χ2n) is 5.28. The summed E-state index contributed by atoms with van der Waals surface area (Å²) in [6.07, 6.45) is 0. The van der Waals surface area contributed by atoms with Crippen molar-refractivity contribution in [2.24, 2.45) is 0 Å². The summed E-state index contributed by atoms with van der Waals surface area (Å²) in [6, 6.07) is 5.52. The van der Waals surface area contributed by atoms with Crippen molar-refractivity contribution in [1.82, 2.24) is 4.98 Å². The first-order valence-corrected chi connectivity index (χ1v) is 6.69. The third-order valence-corrected chi connectivity index (χ3v) is 3.71. The SMILES string of the molecule is CC(C)(C)c1cc(-c2nc(CO)cs2)ccc1O. The first kappa shape index (κ1) is 13.1. The topological polar surface area (TPSA) is 53.4 Å². The summed E-state index contributed by atoms with van der Waals surface area (Å²) in [5.41, 5.74) is 2.44. The van der Waals surface area contributed by atoms with Crippen LogP contribution in [0, 0.1) is 0 Å². The van der Waals surface area contributed by atoms with E-state index in [1.165, 1.54) is 11.3 Å². The molecule has 1 aromatic heterocycles. The molecule has 0 atom stereocenters. The number of aliphatic hydroxyl groups is 1. The van der Waals surface area contributed by atoms with Crippen LogP contribution in [0.25, 0.3) is 10.6 Å². The lowest BCUT2D eigenvalue weighted by Crippen LogP contribution is -2.11. The Kier molecular flexibility index (Phi) is 3.41. The van der Waals surface area contributed by atoms with Gasteiger partial charge in [-0.3, -0.25) is 0 Å². The third-order valence-electron chi connectivity index (χ3n) is 2.77. The molecule has 0 unspecified atom stereocenters. The smallest absolute Gasteiger partial charge is 0.123 e. The molecule has 0 saturated heterocycles. The number of benzene rings is 1. The molecular weight excluding hydrogens is 246 g/mol. The van der Waals surface area contributed by atoms with Gasteiger partial charge in [0.15, 0.2) is 0 Å². The van der Waals surface area contributed by atoms with Gasteiger partial charge in [0.25, 0.3) is 0 Å². The molecule has 0 aliphatic carbocycles. The highest BCUT2D eigenvalue weighted by atomic mass is 32.1. The van der Waals surface area contributed by atoms with Gasteiger partial charge in [0, 0.05) is 10.9 Å². The molecule has 0 aliphatic rings. The van der Waals surface area contributed by atoms with Gasteiger partial charge in [-0.25, -0.2) is 4.98 Å². The van der Waals surface area contributed by atoms with Crippen molar-refractivity contribution in [3.05, 3.63) is 34.8 Å². The van der Waals surface area contributed by atoms with Crippen LogP contribution in [0.3, 0.4) is 0 Å². The van der Waals surface area contributed by atoms with Crippen molar-refractivity contribution >= 4 is 11.3 Å². The molecule has 0 fully saturated rings. The van der Waals surface area contributed by atoms with Gasteiger partial charge in [-0.2, -0.15) is 0 Å². The number of aromatic nitrogens is 1. The number of rotatable bonds is 2. The van der Waals surface area contributed by atoms with Crippen LogP contribution in [0.4, 0.5) is 0 Å². The fraction of sp³-hybridized carbons (Fsp3) is 0.357. The van der Waals surface area contributed by atoms with Crippen molar-refractivity contribution in [3.63, 3.8) is 0 Å². The Hall–Kier alpha value is -1.39. The highest BCUT2D eigenvalue weighted by Gasteiger charge is 2.19. The minimum absolute atomic E-state index is 0.0410.